The van der Waals surface area contributed by atoms with E-state index in [1.165, 1.54) is 0 Å². The number of carbonyl (C=O) groups is 2. The second-order valence-corrected chi connectivity index (χ2v) is 7.81. The summed E-state index contributed by atoms with van der Waals surface area (Å²) in [4.78, 5) is 26.0. The first-order valence-electron chi connectivity index (χ1n) is 9.37. The summed E-state index contributed by atoms with van der Waals surface area (Å²) < 4.78 is 2.60. The van der Waals surface area contributed by atoms with Crippen LogP contribution in [0, 0.1) is 0 Å². The van der Waals surface area contributed by atoms with Crippen LogP contribution >= 0.6 is 15.9 Å². The summed E-state index contributed by atoms with van der Waals surface area (Å²) in [6, 6.07) is 12.7. The van der Waals surface area contributed by atoms with Gasteiger partial charge in [-0.2, -0.15) is 0 Å². The van der Waals surface area contributed by atoms with Crippen molar-refractivity contribution in [3.8, 4) is 0 Å². The number of amides is 4. The quantitative estimate of drug-likeness (QED) is 0.555. The molecule has 2 aromatic heterocycles. The van der Waals surface area contributed by atoms with E-state index < -0.39 is 0 Å². The summed E-state index contributed by atoms with van der Waals surface area (Å²) in [5, 5.41) is 12.8. The Bertz CT molecular complexity index is 1050. The largest absolute Gasteiger partial charge is 0.338 e. The van der Waals surface area contributed by atoms with Gasteiger partial charge in [0.15, 0.2) is 5.82 Å². The molecule has 29 heavy (non-hydrogen) atoms. The van der Waals surface area contributed by atoms with Crippen LogP contribution in [0.1, 0.15) is 24.9 Å². The summed E-state index contributed by atoms with van der Waals surface area (Å²) in [5.41, 5.74) is 2.67. The first-order chi connectivity index (χ1) is 14.0. The third kappa shape index (κ3) is 4.34. The minimum Gasteiger partial charge on any atom is -0.338 e. The Labute approximate surface area is 176 Å². The maximum atomic E-state index is 12.4. The van der Waals surface area contributed by atoms with Crippen molar-refractivity contribution in [2.45, 2.75) is 19.4 Å². The van der Waals surface area contributed by atoms with Crippen LogP contribution in [0.15, 0.2) is 53.1 Å². The number of hydrogen-bond acceptors (Lipinski definition) is 3. The second kappa shape index (κ2) is 8.12. The average Bonchev–Trinajstić information content (AvgIpc) is 3.09. The lowest BCUT2D eigenvalue weighted by atomic mass is 10.1. The number of fused-ring (bicyclic) bond motifs is 1. The molecular formula is C20H21BrN6O2. The van der Waals surface area contributed by atoms with Crippen molar-refractivity contribution >= 4 is 45.0 Å². The number of hydrogen-bond donors (Lipinski definition) is 3. The predicted molar refractivity (Wildman–Crippen MR) is 115 cm³/mol. The Morgan fingerprint density at radius 2 is 2.03 bits per heavy atom. The van der Waals surface area contributed by atoms with Crippen molar-refractivity contribution in [1.29, 1.82) is 0 Å². The van der Waals surface area contributed by atoms with E-state index >= 15 is 0 Å². The van der Waals surface area contributed by atoms with Gasteiger partial charge in [0, 0.05) is 35.5 Å². The lowest BCUT2D eigenvalue weighted by Crippen LogP contribution is -2.46. The van der Waals surface area contributed by atoms with Gasteiger partial charge in [-0.3, -0.25) is 10.2 Å². The summed E-state index contributed by atoms with van der Waals surface area (Å²) in [6.07, 6.45) is 2.75. The Morgan fingerprint density at radius 3 is 2.79 bits per heavy atom. The van der Waals surface area contributed by atoms with Crippen LogP contribution in [0.3, 0.4) is 0 Å². The molecule has 4 amide bonds. The van der Waals surface area contributed by atoms with Crippen molar-refractivity contribution in [3.05, 3.63) is 58.7 Å². The molecule has 3 aromatic rings. The van der Waals surface area contributed by atoms with Gasteiger partial charge in [-0.15, -0.1) is 5.10 Å². The van der Waals surface area contributed by atoms with Crippen LogP contribution in [0.2, 0.25) is 0 Å². The second-order valence-electron chi connectivity index (χ2n) is 6.90. The van der Waals surface area contributed by atoms with Crippen LogP contribution < -0.4 is 20.9 Å². The van der Waals surface area contributed by atoms with E-state index in [1.54, 1.807) is 15.5 Å². The topological polar surface area (TPSA) is 90.8 Å². The number of halogens is 1. The van der Waals surface area contributed by atoms with Crippen molar-refractivity contribution in [1.82, 2.24) is 20.2 Å². The highest BCUT2D eigenvalue weighted by molar-refractivity contribution is 9.10. The fourth-order valence-electron chi connectivity index (χ4n) is 3.27. The molecule has 0 aliphatic carbocycles. The van der Waals surface area contributed by atoms with Crippen molar-refractivity contribution in [2.75, 3.05) is 23.3 Å². The molecule has 3 heterocycles. The monoisotopic (exact) mass is 456 g/mol. The molecule has 1 aromatic carbocycles. The van der Waals surface area contributed by atoms with Crippen LogP contribution in [0.25, 0.3) is 5.52 Å². The number of pyridine rings is 1. The first kappa shape index (κ1) is 19.3. The molecule has 8 nitrogen and oxygen atoms in total. The molecule has 1 aliphatic heterocycles. The van der Waals surface area contributed by atoms with Gasteiger partial charge in [-0.05, 0) is 59.1 Å². The van der Waals surface area contributed by atoms with Crippen LogP contribution in [-0.4, -0.2) is 34.8 Å². The molecule has 1 aliphatic rings. The predicted octanol–water partition coefficient (Wildman–Crippen LogP) is 3.90. The van der Waals surface area contributed by atoms with E-state index in [2.05, 4.69) is 37.0 Å². The maximum Gasteiger partial charge on any atom is 0.321 e. The van der Waals surface area contributed by atoms with Gasteiger partial charge in [0.05, 0.1) is 11.6 Å². The highest BCUT2D eigenvalue weighted by atomic mass is 79.9. The Balaban J connectivity index is 1.38. The van der Waals surface area contributed by atoms with Crippen LogP contribution in [0.4, 0.5) is 21.1 Å². The van der Waals surface area contributed by atoms with Gasteiger partial charge < -0.3 is 10.6 Å². The zero-order valence-electron chi connectivity index (χ0n) is 15.9. The Morgan fingerprint density at radius 1 is 1.24 bits per heavy atom. The van der Waals surface area contributed by atoms with Gasteiger partial charge in [-0.1, -0.05) is 12.1 Å². The summed E-state index contributed by atoms with van der Waals surface area (Å²) in [7, 11) is 0. The first-order valence-corrected chi connectivity index (χ1v) is 10.2. The number of nitrogens with one attached hydrogen (secondary N) is 3. The van der Waals surface area contributed by atoms with E-state index in [9.17, 15) is 9.59 Å². The lowest BCUT2D eigenvalue weighted by Gasteiger charge is -2.27. The molecular weight excluding hydrogens is 436 g/mol. The molecule has 0 saturated carbocycles. The molecule has 0 bridgehead atoms. The fourth-order valence-corrected chi connectivity index (χ4v) is 3.60. The Hall–Kier alpha value is -3.07. The van der Waals surface area contributed by atoms with Gasteiger partial charge in [-0.25, -0.2) is 14.1 Å². The third-order valence-electron chi connectivity index (χ3n) is 4.80. The van der Waals surface area contributed by atoms with Crippen LogP contribution in [-0.2, 0) is 0 Å². The number of benzene rings is 1. The molecule has 0 spiro atoms. The van der Waals surface area contributed by atoms with Gasteiger partial charge in [0.1, 0.15) is 0 Å². The van der Waals surface area contributed by atoms with Crippen molar-refractivity contribution in [2.24, 2.45) is 0 Å². The normalized spacial score (nSPS) is 15.1. The third-order valence-corrected chi connectivity index (χ3v) is 5.27. The number of rotatable bonds is 4. The SMILES string of the molecule is CC(NC(=O)Nc1cc2ccc(Br)cn2n1)c1ccc(N2CCCNC2=O)cc1. The molecule has 150 valence electrons. The highest BCUT2D eigenvalue weighted by Crippen LogP contribution is 2.21. The van der Waals surface area contributed by atoms with E-state index in [0.717, 1.165) is 27.7 Å². The minimum atomic E-state index is -0.334. The fraction of sp³-hybridized carbons (Fsp3) is 0.250. The lowest BCUT2D eigenvalue weighted by molar-refractivity contribution is 0.243. The average molecular weight is 457 g/mol. The molecule has 1 fully saturated rings. The maximum absolute atomic E-state index is 12.4. The van der Waals surface area contributed by atoms with Crippen molar-refractivity contribution < 1.29 is 9.59 Å². The number of nitrogens with zero attached hydrogens (tertiary/aromatic N) is 3. The smallest absolute Gasteiger partial charge is 0.321 e. The molecule has 4 rings (SSSR count). The van der Waals surface area contributed by atoms with Gasteiger partial charge in [0.2, 0.25) is 0 Å². The van der Waals surface area contributed by atoms with Crippen LogP contribution in [0.5, 0.6) is 0 Å². The summed E-state index contributed by atoms with van der Waals surface area (Å²) in [5.74, 6) is 0.472. The molecule has 1 saturated heterocycles. The minimum absolute atomic E-state index is 0.0750. The zero-order valence-corrected chi connectivity index (χ0v) is 17.4. The van der Waals surface area contributed by atoms with Gasteiger partial charge >= 0.3 is 12.1 Å². The molecule has 0 radical (unpaired) electrons. The molecule has 1 unspecified atom stereocenters. The number of anilines is 2. The van der Waals surface area contributed by atoms with Crippen molar-refractivity contribution in [3.63, 3.8) is 0 Å². The standard InChI is InChI=1S/C20H21BrN6O2/c1-13(14-3-6-16(7-4-14)26-10-2-9-22-20(26)29)23-19(28)24-18-11-17-8-5-15(21)12-27(17)25-18/h3-8,11-13H,2,9-10H2,1H3,(H,22,29)(H2,23,24,25,28). The summed E-state index contributed by atoms with van der Waals surface area (Å²) >= 11 is 3.40. The molecule has 1 atom stereocenters. The summed E-state index contributed by atoms with van der Waals surface area (Å²) in [6.45, 7) is 3.33. The zero-order chi connectivity index (χ0) is 20.4. The van der Waals surface area contributed by atoms with E-state index in [1.807, 2.05) is 49.5 Å². The number of aromatic nitrogens is 2. The van der Waals surface area contributed by atoms with E-state index in [-0.39, 0.29) is 18.1 Å². The molecule has 3 N–H and O–H groups in total. The molecule has 9 heteroatoms. The highest BCUT2D eigenvalue weighted by Gasteiger charge is 2.19. The van der Waals surface area contributed by atoms with E-state index in [0.29, 0.717) is 18.9 Å². The number of carbonyl (C=O) groups excluding carboxylic acids is 2. The number of urea groups is 2. The van der Waals surface area contributed by atoms with Gasteiger partial charge in [0.25, 0.3) is 0 Å². The van der Waals surface area contributed by atoms with E-state index in [4.69, 9.17) is 0 Å². The Kier molecular flexibility index (Phi) is 5.39.